The van der Waals surface area contributed by atoms with Crippen LogP contribution < -0.4 is 25.8 Å². The Morgan fingerprint density at radius 3 is 2.69 bits per heavy atom. The molecule has 3 aromatic rings. The molecule has 0 amide bonds. The van der Waals surface area contributed by atoms with E-state index in [1.165, 1.54) is 6.20 Å². The van der Waals surface area contributed by atoms with Gasteiger partial charge in [-0.15, -0.1) is 0 Å². The predicted molar refractivity (Wildman–Crippen MR) is 115 cm³/mol. The molecule has 29 heavy (non-hydrogen) atoms. The molecule has 0 radical (unpaired) electrons. The highest BCUT2D eigenvalue weighted by atomic mass is 35.5. The molecule has 0 aliphatic rings. The molecular weight excluding hydrogens is 416 g/mol. The molecule has 0 bridgehead atoms. The molecule has 1 atom stereocenters. The number of nitrogens with one attached hydrogen (secondary N) is 3. The van der Waals surface area contributed by atoms with E-state index in [2.05, 4.69) is 25.3 Å². The molecule has 0 aliphatic heterocycles. The molecule has 2 aromatic carbocycles. The van der Waals surface area contributed by atoms with Crippen molar-refractivity contribution in [2.75, 3.05) is 28.5 Å². The van der Waals surface area contributed by atoms with Crippen molar-refractivity contribution in [3.05, 3.63) is 59.8 Å². The quantitative estimate of drug-likeness (QED) is 0.323. The second-order valence-electron chi connectivity index (χ2n) is 5.70. The van der Waals surface area contributed by atoms with E-state index in [1.54, 1.807) is 30.3 Å². The van der Waals surface area contributed by atoms with Crippen molar-refractivity contribution in [1.29, 1.82) is 0 Å². The second-order valence-corrected chi connectivity index (χ2v) is 6.81. The van der Waals surface area contributed by atoms with Crippen LogP contribution in [0.25, 0.3) is 0 Å². The third-order valence-electron chi connectivity index (χ3n) is 3.60. The van der Waals surface area contributed by atoms with Crippen molar-refractivity contribution in [2.24, 2.45) is 5.73 Å². The standard InChI is InChI=1S/C18H19ClN6O3S/c19-14-11-21-18(22-12-4-3-5-13(10-12)28-9-8-20)24-17(14)23-15-6-1-2-7-16(15)25-29(26)27/h1-7,10-11,25H,8-9,20H2,(H,26,27)(H2,21,22,23,24). The van der Waals surface area contributed by atoms with E-state index < -0.39 is 11.3 Å². The van der Waals surface area contributed by atoms with Gasteiger partial charge in [0, 0.05) is 18.3 Å². The maximum atomic E-state index is 11.1. The Kier molecular flexibility index (Phi) is 7.19. The van der Waals surface area contributed by atoms with Gasteiger partial charge in [0.1, 0.15) is 17.4 Å². The summed E-state index contributed by atoms with van der Waals surface area (Å²) in [6, 6.07) is 14.2. The lowest BCUT2D eigenvalue weighted by Gasteiger charge is -2.13. The highest BCUT2D eigenvalue weighted by molar-refractivity contribution is 7.80. The fourth-order valence-corrected chi connectivity index (χ4v) is 2.89. The average Bonchev–Trinajstić information content (AvgIpc) is 2.70. The summed E-state index contributed by atoms with van der Waals surface area (Å²) in [5, 5.41) is 6.41. The lowest BCUT2D eigenvalue weighted by molar-refractivity contribution is 0.328. The van der Waals surface area contributed by atoms with E-state index in [4.69, 9.17) is 26.6 Å². The third kappa shape index (κ3) is 6.03. The number of para-hydroxylation sites is 2. The van der Waals surface area contributed by atoms with Gasteiger partial charge in [-0.05, 0) is 24.3 Å². The molecule has 11 heteroatoms. The monoisotopic (exact) mass is 434 g/mol. The topological polar surface area (TPSA) is 134 Å². The van der Waals surface area contributed by atoms with Crippen LogP contribution in [0.4, 0.5) is 28.8 Å². The van der Waals surface area contributed by atoms with Crippen LogP contribution >= 0.6 is 11.6 Å². The number of nitrogens with two attached hydrogens (primary N) is 1. The Labute approximate surface area is 175 Å². The van der Waals surface area contributed by atoms with E-state index in [1.807, 2.05) is 18.2 Å². The van der Waals surface area contributed by atoms with Crippen molar-refractivity contribution in [3.8, 4) is 5.75 Å². The molecule has 0 fully saturated rings. The van der Waals surface area contributed by atoms with Gasteiger partial charge in [-0.25, -0.2) is 9.19 Å². The summed E-state index contributed by atoms with van der Waals surface area (Å²) in [5.41, 5.74) is 7.13. The Hall–Kier alpha value is -2.92. The zero-order chi connectivity index (χ0) is 20.6. The number of halogens is 1. The van der Waals surface area contributed by atoms with Crippen LogP contribution in [0.1, 0.15) is 0 Å². The van der Waals surface area contributed by atoms with Crippen molar-refractivity contribution in [3.63, 3.8) is 0 Å². The first-order chi connectivity index (χ1) is 14.0. The van der Waals surface area contributed by atoms with Gasteiger partial charge < -0.3 is 21.1 Å². The largest absolute Gasteiger partial charge is 0.492 e. The molecule has 1 aromatic heterocycles. The van der Waals surface area contributed by atoms with Crippen molar-refractivity contribution < 1.29 is 13.5 Å². The molecule has 0 saturated heterocycles. The first-order valence-electron chi connectivity index (χ1n) is 8.51. The van der Waals surface area contributed by atoms with Gasteiger partial charge in [-0.1, -0.05) is 29.8 Å². The fourth-order valence-electron chi connectivity index (χ4n) is 2.39. The third-order valence-corrected chi connectivity index (χ3v) is 4.27. The smallest absolute Gasteiger partial charge is 0.259 e. The molecule has 6 N–H and O–H groups in total. The molecule has 0 saturated carbocycles. The summed E-state index contributed by atoms with van der Waals surface area (Å²) in [6.07, 6.45) is 1.45. The first-order valence-corrected chi connectivity index (χ1v) is 9.99. The van der Waals surface area contributed by atoms with E-state index in [-0.39, 0.29) is 5.02 Å². The van der Waals surface area contributed by atoms with Crippen LogP contribution in [0.5, 0.6) is 5.75 Å². The van der Waals surface area contributed by atoms with Crippen molar-refractivity contribution >= 4 is 51.7 Å². The van der Waals surface area contributed by atoms with Crippen LogP contribution in [0.2, 0.25) is 5.02 Å². The highest BCUT2D eigenvalue weighted by Gasteiger charge is 2.10. The zero-order valence-corrected chi connectivity index (χ0v) is 16.7. The van der Waals surface area contributed by atoms with E-state index in [9.17, 15) is 4.21 Å². The Balaban J connectivity index is 1.80. The Morgan fingerprint density at radius 2 is 1.93 bits per heavy atom. The van der Waals surface area contributed by atoms with E-state index in [0.29, 0.717) is 42.0 Å². The molecule has 1 heterocycles. The van der Waals surface area contributed by atoms with Gasteiger partial charge in [-0.3, -0.25) is 9.27 Å². The van der Waals surface area contributed by atoms with Crippen molar-refractivity contribution in [1.82, 2.24) is 9.97 Å². The second kappa shape index (κ2) is 10.0. The summed E-state index contributed by atoms with van der Waals surface area (Å²) < 4.78 is 28.1. The average molecular weight is 435 g/mol. The molecule has 0 aliphatic carbocycles. The number of nitrogens with zero attached hydrogens (tertiary/aromatic N) is 2. The summed E-state index contributed by atoms with van der Waals surface area (Å²) in [6.45, 7) is 0.841. The Morgan fingerprint density at radius 1 is 1.14 bits per heavy atom. The maximum absolute atomic E-state index is 11.1. The lowest BCUT2D eigenvalue weighted by Crippen LogP contribution is -2.10. The minimum Gasteiger partial charge on any atom is -0.492 e. The number of anilines is 5. The number of benzene rings is 2. The maximum Gasteiger partial charge on any atom is 0.259 e. The minimum atomic E-state index is -2.21. The van der Waals surface area contributed by atoms with Crippen LogP contribution in [0.15, 0.2) is 54.7 Å². The predicted octanol–water partition coefficient (Wildman–Crippen LogP) is 3.50. The first kappa shape index (κ1) is 20.8. The molecule has 0 spiro atoms. The number of rotatable bonds is 9. The zero-order valence-electron chi connectivity index (χ0n) is 15.1. The molecule has 9 nitrogen and oxygen atoms in total. The van der Waals surface area contributed by atoms with Crippen LogP contribution in [-0.2, 0) is 11.3 Å². The Bertz CT molecular complexity index is 1010. The van der Waals surface area contributed by atoms with E-state index in [0.717, 1.165) is 5.69 Å². The fraction of sp³-hybridized carbons (Fsp3) is 0.111. The minimum absolute atomic E-state index is 0.288. The summed E-state index contributed by atoms with van der Waals surface area (Å²) in [4.78, 5) is 8.56. The van der Waals surface area contributed by atoms with Gasteiger partial charge >= 0.3 is 0 Å². The lowest BCUT2D eigenvalue weighted by atomic mass is 10.2. The van der Waals surface area contributed by atoms with Gasteiger partial charge in [0.2, 0.25) is 5.95 Å². The van der Waals surface area contributed by atoms with Gasteiger partial charge in [0.25, 0.3) is 11.3 Å². The van der Waals surface area contributed by atoms with Gasteiger partial charge in [0.15, 0.2) is 5.82 Å². The molecular formula is C18H19ClN6O3S. The van der Waals surface area contributed by atoms with E-state index >= 15 is 0 Å². The SMILES string of the molecule is NCCOc1cccc(Nc2ncc(Cl)c(Nc3ccccc3NS(=O)O)n2)c1. The number of ether oxygens (including phenoxy) is 1. The molecule has 152 valence electrons. The summed E-state index contributed by atoms with van der Waals surface area (Å²) >= 11 is 4.00. The normalized spacial score (nSPS) is 11.6. The summed E-state index contributed by atoms with van der Waals surface area (Å²) in [7, 11) is 0. The van der Waals surface area contributed by atoms with Crippen LogP contribution in [0, 0.1) is 0 Å². The van der Waals surface area contributed by atoms with Gasteiger partial charge in [0.05, 0.1) is 17.6 Å². The molecule has 3 rings (SSSR count). The van der Waals surface area contributed by atoms with Crippen LogP contribution in [-0.4, -0.2) is 31.9 Å². The van der Waals surface area contributed by atoms with Crippen LogP contribution in [0.3, 0.4) is 0 Å². The number of aromatic nitrogens is 2. The number of hydrogen-bond acceptors (Lipinski definition) is 7. The van der Waals surface area contributed by atoms with Gasteiger partial charge in [-0.2, -0.15) is 4.98 Å². The highest BCUT2D eigenvalue weighted by Crippen LogP contribution is 2.29. The molecule has 1 unspecified atom stereocenters. The summed E-state index contributed by atoms with van der Waals surface area (Å²) in [5.74, 6) is 1.31. The van der Waals surface area contributed by atoms with Crippen molar-refractivity contribution in [2.45, 2.75) is 0 Å². The number of hydrogen-bond donors (Lipinski definition) is 5.